The van der Waals surface area contributed by atoms with E-state index in [1.807, 2.05) is 108 Å². The van der Waals surface area contributed by atoms with Gasteiger partial charge in [-0.15, -0.1) is 141 Å². The molecule has 0 bridgehead atoms. The second-order valence-electron chi connectivity index (χ2n) is 17.5. The van der Waals surface area contributed by atoms with Gasteiger partial charge in [-0.2, -0.15) is 0 Å². The van der Waals surface area contributed by atoms with Crippen molar-refractivity contribution in [2.45, 2.75) is 180 Å². The Kier molecular flexibility index (Phi) is 11.6. The van der Waals surface area contributed by atoms with Gasteiger partial charge in [-0.25, -0.2) is 9.59 Å². The highest BCUT2D eigenvalue weighted by molar-refractivity contribution is 8.23. The third-order valence-electron chi connectivity index (χ3n) is 9.70. The zero-order chi connectivity index (χ0) is 42.6. The molecule has 0 aromatic heterocycles. The van der Waals surface area contributed by atoms with Crippen molar-refractivity contribution in [1.82, 2.24) is 0 Å². The smallest absolute Gasteiger partial charge is 0.340 e. The molecule has 16 heteroatoms. The third kappa shape index (κ3) is 7.92. The van der Waals surface area contributed by atoms with E-state index in [-0.39, 0.29) is 36.4 Å². The number of hydrogen-bond acceptors (Lipinski definition) is 16. The fraction of sp³-hybridized carbons (Fsp3) is 0.512. The van der Waals surface area contributed by atoms with E-state index < -0.39 is 0 Å². The van der Waals surface area contributed by atoms with Gasteiger partial charge in [0.2, 0.25) is 0 Å². The Morgan fingerprint density at radius 1 is 0.373 bits per heavy atom. The van der Waals surface area contributed by atoms with Crippen LogP contribution in [0.25, 0.3) is 0 Å². The predicted molar refractivity (Wildman–Crippen MR) is 267 cm³/mol. The molecule has 3 aromatic carbocycles. The molecule has 0 atom stereocenters. The number of benzene rings is 3. The van der Waals surface area contributed by atoms with E-state index in [1.165, 1.54) is 61.8 Å². The normalized spacial score (nSPS) is 22.5. The van der Waals surface area contributed by atoms with E-state index in [0.29, 0.717) is 13.2 Å². The highest BCUT2D eigenvalue weighted by atomic mass is 32.2. The lowest BCUT2D eigenvalue weighted by atomic mass is 9.83. The molecule has 315 valence electrons. The zero-order valence-electron chi connectivity index (χ0n) is 35.5. The summed E-state index contributed by atoms with van der Waals surface area (Å²) in [6, 6.07) is 2.46. The van der Waals surface area contributed by atoms with Crippen molar-refractivity contribution in [3.8, 4) is 0 Å². The van der Waals surface area contributed by atoms with Gasteiger partial charge in [0.15, 0.2) is 0 Å². The lowest BCUT2D eigenvalue weighted by Gasteiger charge is -2.31. The number of carbonyl (C=O) groups is 2. The average Bonchev–Trinajstić information content (AvgIpc) is 3.89. The van der Waals surface area contributed by atoms with Gasteiger partial charge >= 0.3 is 11.9 Å². The summed E-state index contributed by atoms with van der Waals surface area (Å²) >= 11 is 22.7. The lowest BCUT2D eigenvalue weighted by Crippen LogP contribution is -2.17. The standard InChI is InChI=1S/C43H47O4S12/c1-15-46-36(44)24-32-28(52-40(7,8)56-32)22(29-33(24)57-41(9,10)53-29)20(21-26-18(48-38(3,4)50-26)17-19-27(21)51-39(5,6)49-19)23-30-34(58-42(11,12)54-30)25(37(45)47-16-2)35-31(23)55-43(13,14)59-35/h17H,15-16H2,1-14H3. The van der Waals surface area contributed by atoms with E-state index in [4.69, 9.17) is 9.47 Å². The third-order valence-corrected chi connectivity index (χ3v) is 26.6. The molecule has 0 N–H and O–H groups in total. The summed E-state index contributed by atoms with van der Waals surface area (Å²) in [4.78, 5) is 42.8. The first-order valence-electron chi connectivity index (χ1n) is 19.5. The number of fused-ring (bicyclic) bond motifs is 6. The topological polar surface area (TPSA) is 52.6 Å². The number of ether oxygens (including phenoxy) is 2. The molecule has 0 amide bonds. The summed E-state index contributed by atoms with van der Waals surface area (Å²) < 4.78 is 10.8. The van der Waals surface area contributed by atoms with Gasteiger partial charge in [-0.1, -0.05) is 0 Å². The molecule has 0 saturated heterocycles. The summed E-state index contributed by atoms with van der Waals surface area (Å²) in [5.74, 6) is 0.766. The first-order valence-corrected chi connectivity index (χ1v) is 29.3. The Balaban J connectivity index is 1.49. The van der Waals surface area contributed by atoms with Gasteiger partial charge in [0.05, 0.1) is 54.7 Å². The molecule has 9 rings (SSSR count). The maximum Gasteiger partial charge on any atom is 0.340 e. The molecule has 1 radical (unpaired) electrons. The number of rotatable bonds is 7. The Labute approximate surface area is 401 Å². The van der Waals surface area contributed by atoms with Crippen molar-refractivity contribution in [3.63, 3.8) is 0 Å². The van der Waals surface area contributed by atoms with Crippen LogP contribution in [0, 0.1) is 5.92 Å². The van der Waals surface area contributed by atoms with Crippen molar-refractivity contribution < 1.29 is 19.1 Å². The number of carbonyl (C=O) groups excluding carboxylic acids is 2. The van der Waals surface area contributed by atoms with Gasteiger partial charge in [0.1, 0.15) is 0 Å². The summed E-state index contributed by atoms with van der Waals surface area (Å²) in [6.45, 7) is 32.1. The lowest BCUT2D eigenvalue weighted by molar-refractivity contribution is 0.0507. The van der Waals surface area contributed by atoms with Crippen molar-refractivity contribution in [2.75, 3.05) is 13.2 Å². The maximum absolute atomic E-state index is 14.3. The van der Waals surface area contributed by atoms with Crippen LogP contribution in [-0.2, 0) is 9.47 Å². The van der Waals surface area contributed by atoms with Crippen LogP contribution >= 0.6 is 141 Å². The fourth-order valence-corrected chi connectivity index (χ4v) is 25.5. The quantitative estimate of drug-likeness (QED) is 0.167. The van der Waals surface area contributed by atoms with Crippen molar-refractivity contribution in [1.29, 1.82) is 0 Å². The molecular formula is C43H47O4S12. The fourth-order valence-electron chi connectivity index (χ4n) is 8.00. The van der Waals surface area contributed by atoms with E-state index >= 15 is 0 Å². The summed E-state index contributed by atoms with van der Waals surface area (Å²) in [7, 11) is 0. The second-order valence-corrected chi connectivity index (χ2v) is 38.7. The first-order chi connectivity index (χ1) is 27.3. The highest BCUT2D eigenvalue weighted by Gasteiger charge is 2.53. The molecule has 0 fully saturated rings. The van der Waals surface area contributed by atoms with Gasteiger partial charge in [0, 0.05) is 58.7 Å². The number of thioether (sulfide) groups is 12. The van der Waals surface area contributed by atoms with E-state index in [1.54, 1.807) is 47.0 Å². The zero-order valence-corrected chi connectivity index (χ0v) is 45.3. The largest absolute Gasteiger partial charge is 0.462 e. The number of hydrogen-bond donors (Lipinski definition) is 0. The summed E-state index contributed by atoms with van der Waals surface area (Å²) in [6.07, 6.45) is 0. The van der Waals surface area contributed by atoms with Gasteiger partial charge < -0.3 is 9.47 Å². The molecule has 6 aliphatic heterocycles. The molecular weight excluding hydrogens is 965 g/mol. The van der Waals surface area contributed by atoms with Crippen LogP contribution in [0.5, 0.6) is 0 Å². The van der Waals surface area contributed by atoms with Crippen LogP contribution in [-0.4, -0.2) is 49.6 Å². The highest BCUT2D eigenvalue weighted by Crippen LogP contribution is 2.74. The Morgan fingerprint density at radius 2 is 0.593 bits per heavy atom. The SMILES string of the molecule is CCOC(=O)c1c2c(c([C](c3c4c(cc5c3SC(C)(C)S5)SC(C)(C)S4)c3c4c(c(C(=O)OCC)c5c3SC(C)(C)S5)SC(C)(C)S4)c3c1SC(C)(C)S3)SC(C)(C)S2. The van der Waals surface area contributed by atoms with E-state index in [9.17, 15) is 9.59 Å². The molecule has 0 aliphatic carbocycles. The summed E-state index contributed by atoms with van der Waals surface area (Å²) in [5.41, 5.74) is 5.21. The predicted octanol–water partition coefficient (Wildman–Crippen LogP) is 16.7. The van der Waals surface area contributed by atoms with Crippen LogP contribution in [0.15, 0.2) is 64.8 Å². The Bertz CT molecular complexity index is 2150. The van der Waals surface area contributed by atoms with Crippen molar-refractivity contribution in [2.24, 2.45) is 0 Å². The van der Waals surface area contributed by atoms with Crippen LogP contribution in [0.4, 0.5) is 0 Å². The molecule has 59 heavy (non-hydrogen) atoms. The van der Waals surface area contributed by atoms with E-state index in [2.05, 4.69) is 89.2 Å². The molecule has 0 saturated carbocycles. The minimum atomic E-state index is -0.239. The van der Waals surface area contributed by atoms with Crippen LogP contribution in [0.2, 0.25) is 0 Å². The Hall–Kier alpha value is 0.800. The van der Waals surface area contributed by atoms with Gasteiger partial charge in [-0.05, 0) is 120 Å². The molecule has 0 spiro atoms. The van der Waals surface area contributed by atoms with Crippen molar-refractivity contribution in [3.05, 3.63) is 39.8 Å². The average molecular weight is 1010 g/mol. The Morgan fingerprint density at radius 3 is 0.864 bits per heavy atom. The minimum Gasteiger partial charge on any atom is -0.462 e. The molecule has 4 nitrogen and oxygen atoms in total. The van der Waals surface area contributed by atoms with Crippen LogP contribution in [0.1, 0.15) is 134 Å². The summed E-state index contributed by atoms with van der Waals surface area (Å²) in [5, 5.41) is 0. The van der Waals surface area contributed by atoms with Crippen LogP contribution in [0.3, 0.4) is 0 Å². The number of esters is 2. The first kappa shape index (κ1) is 45.0. The molecule has 6 aliphatic rings. The maximum atomic E-state index is 14.3. The van der Waals surface area contributed by atoms with Crippen molar-refractivity contribution >= 4 is 153 Å². The second kappa shape index (κ2) is 15.2. The molecule has 3 aromatic rings. The van der Waals surface area contributed by atoms with Gasteiger partial charge in [0.25, 0.3) is 0 Å². The monoisotopic (exact) mass is 1010 g/mol. The minimum absolute atomic E-state index is 0.0597. The van der Waals surface area contributed by atoms with Crippen LogP contribution < -0.4 is 0 Å². The molecule has 6 heterocycles. The van der Waals surface area contributed by atoms with E-state index in [0.717, 1.165) is 30.7 Å². The molecule has 0 unspecified atom stereocenters. The van der Waals surface area contributed by atoms with Gasteiger partial charge in [-0.3, -0.25) is 0 Å².